The minimum Gasteiger partial charge on any atom is -0.465 e. The molecule has 1 aliphatic heterocycles. The van der Waals surface area contributed by atoms with Crippen LogP contribution in [0.3, 0.4) is 0 Å². The Kier molecular flexibility index (Phi) is 5.66. The molecule has 140 valence electrons. The first-order valence-electron chi connectivity index (χ1n) is 8.63. The van der Waals surface area contributed by atoms with E-state index >= 15 is 0 Å². The van der Waals surface area contributed by atoms with Gasteiger partial charge in [0.25, 0.3) is 5.91 Å². The molecule has 2 atom stereocenters. The summed E-state index contributed by atoms with van der Waals surface area (Å²) in [7, 11) is 0. The fourth-order valence-electron chi connectivity index (χ4n) is 3.46. The number of rotatable bonds is 5. The van der Waals surface area contributed by atoms with Crippen LogP contribution in [0.5, 0.6) is 0 Å². The zero-order valence-corrected chi connectivity index (χ0v) is 17.2. The molecule has 0 spiro atoms. The van der Waals surface area contributed by atoms with Crippen molar-refractivity contribution in [2.24, 2.45) is 5.92 Å². The van der Waals surface area contributed by atoms with Crippen molar-refractivity contribution in [2.45, 2.75) is 19.0 Å². The van der Waals surface area contributed by atoms with Gasteiger partial charge in [-0.2, -0.15) is 10.5 Å². The molecule has 1 amide bonds. The number of carbonyl (C=O) groups excluding carboxylic acids is 2. The fraction of sp³-hybridized carbons (Fsp3) is 0.238. The van der Waals surface area contributed by atoms with Crippen molar-refractivity contribution in [3.8, 4) is 12.1 Å². The van der Waals surface area contributed by atoms with Crippen LogP contribution < -0.4 is 0 Å². The number of hydrogen-bond donors (Lipinski definition) is 0. The molecule has 3 rings (SSSR count). The maximum atomic E-state index is 13.2. The van der Waals surface area contributed by atoms with E-state index in [1.165, 1.54) is 4.90 Å². The molecule has 2 unspecified atom stereocenters. The number of amides is 1. The van der Waals surface area contributed by atoms with Gasteiger partial charge in [-0.15, -0.1) is 0 Å². The predicted molar refractivity (Wildman–Crippen MR) is 109 cm³/mol. The Balaban J connectivity index is 2.17. The summed E-state index contributed by atoms with van der Waals surface area (Å²) in [5, 5.41) is 20.0. The van der Waals surface area contributed by atoms with Gasteiger partial charge in [0.2, 0.25) is 0 Å². The third-order valence-corrected chi connectivity index (χ3v) is 5.45. The highest BCUT2D eigenvalue weighted by Crippen LogP contribution is 2.45. The van der Waals surface area contributed by atoms with Crippen molar-refractivity contribution in [3.63, 3.8) is 0 Å². The van der Waals surface area contributed by atoms with Crippen molar-refractivity contribution in [3.05, 3.63) is 68.8 Å². The van der Waals surface area contributed by atoms with E-state index < -0.39 is 17.4 Å². The Labute approximate surface area is 176 Å². The SMILES string of the molecule is CCOC(=O)C(C#N)C1(C#N)c2ccccc2C(=O)N1Cc1ccc(I)cc1. The lowest BCUT2D eigenvalue weighted by atomic mass is 9.79. The average Bonchev–Trinajstić information content (AvgIpc) is 2.94. The predicted octanol–water partition coefficient (Wildman–Crippen LogP) is 3.37. The number of esters is 1. The highest BCUT2D eigenvalue weighted by atomic mass is 127. The molecule has 0 bridgehead atoms. The summed E-state index contributed by atoms with van der Waals surface area (Å²) in [4.78, 5) is 27.0. The molecule has 1 aliphatic rings. The third-order valence-electron chi connectivity index (χ3n) is 4.73. The summed E-state index contributed by atoms with van der Waals surface area (Å²) in [6.07, 6.45) is 0. The van der Waals surface area contributed by atoms with E-state index in [9.17, 15) is 20.1 Å². The second-order valence-electron chi connectivity index (χ2n) is 6.26. The van der Waals surface area contributed by atoms with Crippen molar-refractivity contribution in [2.75, 3.05) is 6.61 Å². The standard InChI is InChI=1S/C21H16IN3O3/c1-2-28-20(27)18(11-23)21(13-24)17-6-4-3-5-16(17)19(26)25(21)12-14-7-9-15(22)10-8-14/h3-10,18H,2,12H2,1H3. The van der Waals surface area contributed by atoms with Crippen LogP contribution in [0.25, 0.3) is 0 Å². The molecule has 28 heavy (non-hydrogen) atoms. The second-order valence-corrected chi connectivity index (χ2v) is 7.50. The van der Waals surface area contributed by atoms with Crippen LogP contribution in [0.15, 0.2) is 48.5 Å². The van der Waals surface area contributed by atoms with Crippen LogP contribution in [0.1, 0.15) is 28.4 Å². The van der Waals surface area contributed by atoms with Gasteiger partial charge in [0.15, 0.2) is 11.5 Å². The van der Waals surface area contributed by atoms with Crippen molar-refractivity contribution >= 4 is 34.5 Å². The van der Waals surface area contributed by atoms with E-state index in [-0.39, 0.29) is 19.1 Å². The Hall–Kier alpha value is -2.91. The summed E-state index contributed by atoms with van der Waals surface area (Å²) in [5.41, 5.74) is -0.286. The van der Waals surface area contributed by atoms with E-state index in [0.29, 0.717) is 11.1 Å². The molecule has 6 nitrogen and oxygen atoms in total. The topological polar surface area (TPSA) is 94.2 Å². The van der Waals surface area contributed by atoms with Crippen molar-refractivity contribution < 1.29 is 14.3 Å². The van der Waals surface area contributed by atoms with Gasteiger partial charge in [-0.3, -0.25) is 9.59 Å². The van der Waals surface area contributed by atoms with Gasteiger partial charge in [-0.25, -0.2) is 0 Å². The zero-order valence-electron chi connectivity index (χ0n) is 15.1. The molecule has 0 saturated carbocycles. The molecule has 0 radical (unpaired) electrons. The lowest BCUT2D eigenvalue weighted by molar-refractivity contribution is -0.149. The Morgan fingerprint density at radius 1 is 1.21 bits per heavy atom. The van der Waals surface area contributed by atoms with Gasteiger partial charge in [0.1, 0.15) is 0 Å². The van der Waals surface area contributed by atoms with Gasteiger partial charge in [-0.1, -0.05) is 30.3 Å². The van der Waals surface area contributed by atoms with Crippen LogP contribution in [0.4, 0.5) is 0 Å². The molecule has 0 saturated heterocycles. The zero-order chi connectivity index (χ0) is 20.3. The highest BCUT2D eigenvalue weighted by Gasteiger charge is 2.58. The normalized spacial score (nSPS) is 18.7. The van der Waals surface area contributed by atoms with Gasteiger partial charge < -0.3 is 9.64 Å². The third kappa shape index (κ3) is 3.12. The van der Waals surface area contributed by atoms with Crippen molar-refractivity contribution in [1.29, 1.82) is 10.5 Å². The minimum atomic E-state index is -1.75. The first-order valence-corrected chi connectivity index (χ1v) is 9.70. The largest absolute Gasteiger partial charge is 0.465 e. The van der Waals surface area contributed by atoms with E-state index in [1.54, 1.807) is 31.2 Å². The van der Waals surface area contributed by atoms with E-state index in [1.807, 2.05) is 30.3 Å². The summed E-state index contributed by atoms with van der Waals surface area (Å²) in [6.45, 7) is 1.79. The average molecular weight is 485 g/mol. The molecule has 0 aliphatic carbocycles. The molecule has 0 fully saturated rings. The van der Waals surface area contributed by atoms with Crippen LogP contribution in [-0.2, 0) is 21.6 Å². The number of nitrogens with zero attached hydrogens (tertiary/aromatic N) is 3. The summed E-state index contributed by atoms with van der Waals surface area (Å²) in [5.74, 6) is -2.67. The van der Waals surface area contributed by atoms with E-state index in [4.69, 9.17) is 4.74 Å². The van der Waals surface area contributed by atoms with Gasteiger partial charge in [0, 0.05) is 21.2 Å². The molecule has 0 aromatic heterocycles. The van der Waals surface area contributed by atoms with Gasteiger partial charge >= 0.3 is 5.97 Å². The molecule has 0 N–H and O–H groups in total. The molecular formula is C21H16IN3O3. The Morgan fingerprint density at radius 2 is 1.89 bits per heavy atom. The number of hydrogen-bond acceptors (Lipinski definition) is 5. The van der Waals surface area contributed by atoms with E-state index in [0.717, 1.165) is 9.13 Å². The number of halogens is 1. The summed E-state index contributed by atoms with van der Waals surface area (Å²) < 4.78 is 6.08. The molecule has 7 heteroatoms. The number of benzene rings is 2. The van der Waals surface area contributed by atoms with Crippen LogP contribution >= 0.6 is 22.6 Å². The van der Waals surface area contributed by atoms with Gasteiger partial charge in [0.05, 0.1) is 18.7 Å². The number of ether oxygens (including phenoxy) is 1. The summed E-state index contributed by atoms with van der Waals surface area (Å²) >= 11 is 2.18. The Morgan fingerprint density at radius 3 is 2.50 bits per heavy atom. The monoisotopic (exact) mass is 485 g/mol. The Bertz CT molecular complexity index is 1010. The maximum Gasteiger partial charge on any atom is 0.327 e. The fourth-order valence-corrected chi connectivity index (χ4v) is 3.82. The second kappa shape index (κ2) is 7.99. The molecule has 2 aromatic carbocycles. The highest BCUT2D eigenvalue weighted by molar-refractivity contribution is 14.1. The summed E-state index contributed by atoms with van der Waals surface area (Å²) in [6, 6.07) is 18.1. The molecule has 2 aromatic rings. The first kappa shape index (κ1) is 19.8. The maximum absolute atomic E-state index is 13.2. The molecule has 1 heterocycles. The molecular weight excluding hydrogens is 469 g/mol. The number of fused-ring (bicyclic) bond motifs is 1. The smallest absolute Gasteiger partial charge is 0.327 e. The van der Waals surface area contributed by atoms with Crippen LogP contribution in [-0.4, -0.2) is 23.4 Å². The quantitative estimate of drug-likeness (QED) is 0.478. The lowest BCUT2D eigenvalue weighted by Crippen LogP contribution is -2.50. The first-order chi connectivity index (χ1) is 13.5. The lowest BCUT2D eigenvalue weighted by Gasteiger charge is -2.35. The van der Waals surface area contributed by atoms with Crippen molar-refractivity contribution in [1.82, 2.24) is 4.90 Å². The van der Waals surface area contributed by atoms with E-state index in [2.05, 4.69) is 28.7 Å². The number of carbonyl (C=O) groups is 2. The van der Waals surface area contributed by atoms with Gasteiger partial charge in [-0.05, 0) is 53.3 Å². The minimum absolute atomic E-state index is 0.0746. The number of nitriles is 2. The van der Waals surface area contributed by atoms with Crippen LogP contribution in [0, 0.1) is 32.2 Å². The van der Waals surface area contributed by atoms with Crippen LogP contribution in [0.2, 0.25) is 0 Å².